The van der Waals surface area contributed by atoms with Gasteiger partial charge in [0.15, 0.2) is 5.58 Å². The number of fused-ring (bicyclic) bond motifs is 1. The van der Waals surface area contributed by atoms with E-state index in [0.29, 0.717) is 16.3 Å². The Bertz CT molecular complexity index is 909. The van der Waals surface area contributed by atoms with Crippen molar-refractivity contribution in [2.45, 2.75) is 0 Å². The van der Waals surface area contributed by atoms with E-state index in [1.807, 2.05) is 64.7 Å². The maximum Gasteiger partial charge on any atom is 0.270 e. The summed E-state index contributed by atoms with van der Waals surface area (Å²) in [5.74, 6) is 2.80. The van der Waals surface area contributed by atoms with Crippen LogP contribution in [0.25, 0.3) is 22.4 Å². The zero-order chi connectivity index (χ0) is 16.7. The summed E-state index contributed by atoms with van der Waals surface area (Å²) in [7, 11) is 1.90. The summed E-state index contributed by atoms with van der Waals surface area (Å²) < 4.78 is 7.86. The number of benzene rings is 1. The van der Waals surface area contributed by atoms with Gasteiger partial charge in [-0.3, -0.25) is 4.79 Å². The third-order valence-corrected chi connectivity index (χ3v) is 5.66. The summed E-state index contributed by atoms with van der Waals surface area (Å²) >= 11 is 8.14. The van der Waals surface area contributed by atoms with Crippen LogP contribution >= 0.6 is 23.4 Å². The fourth-order valence-corrected chi connectivity index (χ4v) is 4.17. The number of carbonyl (C=O) groups is 1. The lowest BCUT2D eigenvalue weighted by Crippen LogP contribution is -2.38. The number of hydrogen-bond acceptors (Lipinski definition) is 3. The normalized spacial score (nSPS) is 15.2. The average Bonchev–Trinajstić information content (AvgIpc) is 3.15. The van der Waals surface area contributed by atoms with Gasteiger partial charge in [-0.1, -0.05) is 23.7 Å². The van der Waals surface area contributed by atoms with Crippen LogP contribution in [0.1, 0.15) is 10.5 Å². The Morgan fingerprint density at radius 1 is 1.21 bits per heavy atom. The number of thioether (sulfide) groups is 1. The summed E-state index contributed by atoms with van der Waals surface area (Å²) in [6, 6.07) is 11.4. The van der Waals surface area contributed by atoms with E-state index in [0.717, 1.165) is 41.4 Å². The van der Waals surface area contributed by atoms with Crippen molar-refractivity contribution in [2.24, 2.45) is 7.05 Å². The molecule has 0 bridgehead atoms. The second-order valence-electron chi connectivity index (χ2n) is 5.83. The molecule has 0 N–H and O–H groups in total. The first-order valence-corrected chi connectivity index (χ1v) is 9.39. The van der Waals surface area contributed by atoms with Crippen LogP contribution in [0.15, 0.2) is 40.8 Å². The minimum atomic E-state index is 0.0727. The lowest BCUT2D eigenvalue weighted by atomic mass is 10.2. The van der Waals surface area contributed by atoms with Crippen LogP contribution in [0.4, 0.5) is 0 Å². The van der Waals surface area contributed by atoms with Crippen molar-refractivity contribution in [3.05, 3.63) is 47.1 Å². The second-order valence-corrected chi connectivity index (χ2v) is 7.47. The third kappa shape index (κ3) is 2.62. The minimum Gasteiger partial charge on any atom is -0.454 e. The number of carbonyl (C=O) groups excluding carboxylic acids is 1. The van der Waals surface area contributed by atoms with Crippen LogP contribution in [-0.2, 0) is 7.05 Å². The van der Waals surface area contributed by atoms with Crippen molar-refractivity contribution in [1.29, 1.82) is 0 Å². The number of aromatic nitrogens is 1. The highest BCUT2D eigenvalue weighted by Crippen LogP contribution is 2.33. The molecule has 0 atom stereocenters. The smallest absolute Gasteiger partial charge is 0.270 e. The highest BCUT2D eigenvalue weighted by atomic mass is 35.5. The highest BCUT2D eigenvalue weighted by Gasteiger charge is 2.23. The molecule has 0 unspecified atom stereocenters. The number of nitrogens with zero attached hydrogens (tertiary/aromatic N) is 2. The van der Waals surface area contributed by atoms with Crippen LogP contribution in [0.2, 0.25) is 5.02 Å². The van der Waals surface area contributed by atoms with E-state index in [9.17, 15) is 4.79 Å². The van der Waals surface area contributed by atoms with Crippen molar-refractivity contribution in [1.82, 2.24) is 9.47 Å². The molecule has 2 aromatic heterocycles. The van der Waals surface area contributed by atoms with Gasteiger partial charge in [-0.25, -0.2) is 0 Å². The first-order valence-electron chi connectivity index (χ1n) is 7.86. The van der Waals surface area contributed by atoms with E-state index in [-0.39, 0.29) is 5.91 Å². The predicted octanol–water partition coefficient (Wildman–Crippen LogP) is 4.28. The maximum absolute atomic E-state index is 12.7. The topological polar surface area (TPSA) is 38.4 Å². The molecule has 0 radical (unpaired) electrons. The van der Waals surface area contributed by atoms with Crippen molar-refractivity contribution in [3.8, 4) is 11.3 Å². The molecule has 3 aromatic rings. The number of rotatable bonds is 2. The van der Waals surface area contributed by atoms with Crippen LogP contribution in [-0.4, -0.2) is 40.0 Å². The van der Waals surface area contributed by atoms with Crippen molar-refractivity contribution < 1.29 is 9.21 Å². The summed E-state index contributed by atoms with van der Waals surface area (Å²) in [5.41, 5.74) is 3.14. The molecule has 1 amide bonds. The van der Waals surface area contributed by atoms with E-state index in [1.54, 1.807) is 0 Å². The maximum atomic E-state index is 12.7. The monoisotopic (exact) mass is 360 g/mol. The molecule has 24 heavy (non-hydrogen) atoms. The van der Waals surface area contributed by atoms with E-state index in [2.05, 4.69) is 0 Å². The molecule has 0 aliphatic carbocycles. The lowest BCUT2D eigenvalue weighted by molar-refractivity contribution is 0.0763. The summed E-state index contributed by atoms with van der Waals surface area (Å²) in [6.45, 7) is 1.61. The van der Waals surface area contributed by atoms with E-state index >= 15 is 0 Å². The number of aryl methyl sites for hydroxylation is 1. The van der Waals surface area contributed by atoms with Gasteiger partial charge in [0.05, 0.1) is 10.5 Å². The molecule has 3 heterocycles. The number of furan rings is 1. The molecule has 1 saturated heterocycles. The zero-order valence-corrected chi connectivity index (χ0v) is 14.9. The molecular weight excluding hydrogens is 344 g/mol. The standard InChI is InChI=1S/C18H17ClN2O2S/c1-20-14-10-16(12-4-2-3-5-13(12)19)23-17(14)11-15(20)18(22)21-6-8-24-9-7-21/h2-5,10-11H,6-9H2,1H3. The number of amides is 1. The van der Waals surface area contributed by atoms with Crippen molar-refractivity contribution in [2.75, 3.05) is 24.6 Å². The Labute approximate surface area is 149 Å². The Hall–Kier alpha value is -1.85. The first-order chi connectivity index (χ1) is 11.6. The minimum absolute atomic E-state index is 0.0727. The summed E-state index contributed by atoms with van der Waals surface area (Å²) in [6.07, 6.45) is 0. The molecular formula is C18H17ClN2O2S. The van der Waals surface area contributed by atoms with E-state index < -0.39 is 0 Å². The van der Waals surface area contributed by atoms with Gasteiger partial charge < -0.3 is 13.9 Å². The van der Waals surface area contributed by atoms with Gasteiger partial charge in [-0.05, 0) is 12.1 Å². The molecule has 0 spiro atoms. The molecule has 1 aliphatic rings. The highest BCUT2D eigenvalue weighted by molar-refractivity contribution is 7.99. The SMILES string of the molecule is Cn1c(C(=O)N2CCSCC2)cc2oc(-c3ccccc3Cl)cc21. The fraction of sp³-hybridized carbons (Fsp3) is 0.278. The molecule has 6 heteroatoms. The third-order valence-electron chi connectivity index (χ3n) is 4.39. The van der Waals surface area contributed by atoms with Gasteiger partial charge in [0.2, 0.25) is 0 Å². The Balaban J connectivity index is 1.71. The molecule has 1 aliphatic heterocycles. The van der Waals surface area contributed by atoms with Gasteiger partial charge in [0.25, 0.3) is 5.91 Å². The summed E-state index contributed by atoms with van der Waals surface area (Å²) in [5, 5.41) is 0.652. The van der Waals surface area contributed by atoms with E-state index in [4.69, 9.17) is 16.0 Å². The van der Waals surface area contributed by atoms with E-state index in [1.165, 1.54) is 0 Å². The van der Waals surface area contributed by atoms with Gasteiger partial charge in [-0.2, -0.15) is 11.8 Å². The molecule has 1 fully saturated rings. The lowest BCUT2D eigenvalue weighted by Gasteiger charge is -2.26. The molecule has 4 nitrogen and oxygen atoms in total. The number of halogens is 1. The second kappa shape index (κ2) is 6.22. The Morgan fingerprint density at radius 3 is 2.67 bits per heavy atom. The fourth-order valence-electron chi connectivity index (χ4n) is 3.04. The van der Waals surface area contributed by atoms with Gasteiger partial charge in [0.1, 0.15) is 11.5 Å². The Kier molecular flexibility index (Phi) is 4.06. The van der Waals surface area contributed by atoms with Crippen LogP contribution in [0.5, 0.6) is 0 Å². The van der Waals surface area contributed by atoms with Crippen LogP contribution in [0.3, 0.4) is 0 Å². The van der Waals surface area contributed by atoms with Gasteiger partial charge in [0, 0.05) is 49.3 Å². The zero-order valence-electron chi connectivity index (χ0n) is 13.3. The summed E-state index contributed by atoms with van der Waals surface area (Å²) in [4.78, 5) is 14.6. The van der Waals surface area contributed by atoms with Crippen LogP contribution in [0, 0.1) is 0 Å². The molecule has 0 saturated carbocycles. The van der Waals surface area contributed by atoms with Crippen LogP contribution < -0.4 is 0 Å². The first kappa shape index (κ1) is 15.7. The largest absolute Gasteiger partial charge is 0.454 e. The molecule has 1 aromatic carbocycles. The molecule has 124 valence electrons. The van der Waals surface area contributed by atoms with Gasteiger partial charge >= 0.3 is 0 Å². The Morgan fingerprint density at radius 2 is 1.96 bits per heavy atom. The van der Waals surface area contributed by atoms with Crippen molar-refractivity contribution in [3.63, 3.8) is 0 Å². The number of hydrogen-bond donors (Lipinski definition) is 0. The van der Waals surface area contributed by atoms with Gasteiger partial charge in [-0.15, -0.1) is 0 Å². The van der Waals surface area contributed by atoms with Crippen molar-refractivity contribution >= 4 is 40.4 Å². The molecule has 4 rings (SSSR count). The predicted molar refractivity (Wildman–Crippen MR) is 98.9 cm³/mol. The average molecular weight is 361 g/mol. The quantitative estimate of drug-likeness (QED) is 0.684.